The predicted octanol–water partition coefficient (Wildman–Crippen LogP) is 1.16. The third kappa shape index (κ3) is 2.81. The third-order valence-corrected chi connectivity index (χ3v) is 4.06. The van der Waals surface area contributed by atoms with Gasteiger partial charge < -0.3 is 14.8 Å². The smallest absolute Gasteiger partial charge is 0.293 e. The lowest BCUT2D eigenvalue weighted by molar-refractivity contribution is 0.402. The van der Waals surface area contributed by atoms with Crippen molar-refractivity contribution in [2.24, 2.45) is 0 Å². The molecule has 1 N–H and O–H groups in total. The van der Waals surface area contributed by atoms with Gasteiger partial charge in [0.15, 0.2) is 5.82 Å². The van der Waals surface area contributed by atoms with Gasteiger partial charge in [-0.25, -0.2) is 4.98 Å². The van der Waals surface area contributed by atoms with Gasteiger partial charge in [-0.3, -0.25) is 4.79 Å². The van der Waals surface area contributed by atoms with Crippen molar-refractivity contribution >= 4 is 5.82 Å². The zero-order valence-electron chi connectivity index (χ0n) is 11.5. The monoisotopic (exact) mass is 262 g/mol. The lowest BCUT2D eigenvalue weighted by Crippen LogP contribution is -2.44. The molecule has 5 nitrogen and oxygen atoms in total. The number of rotatable bonds is 4. The summed E-state index contributed by atoms with van der Waals surface area (Å²) in [6, 6.07) is 0.894. The molecule has 2 aliphatic rings. The summed E-state index contributed by atoms with van der Waals surface area (Å²) in [5, 5.41) is 3.51. The number of nitrogens with zero attached hydrogens (tertiary/aromatic N) is 3. The molecule has 0 aromatic carbocycles. The summed E-state index contributed by atoms with van der Waals surface area (Å²) >= 11 is 0. The Morgan fingerprint density at radius 1 is 1.42 bits per heavy atom. The van der Waals surface area contributed by atoms with Gasteiger partial charge in [0, 0.05) is 38.1 Å². The quantitative estimate of drug-likeness (QED) is 0.884. The fourth-order valence-corrected chi connectivity index (χ4v) is 2.81. The minimum absolute atomic E-state index is 0.0586. The Hall–Kier alpha value is -1.36. The normalized spacial score (nSPS) is 23.3. The van der Waals surface area contributed by atoms with Crippen molar-refractivity contribution in [3.63, 3.8) is 0 Å². The molecular weight excluding hydrogens is 240 g/mol. The van der Waals surface area contributed by atoms with E-state index >= 15 is 0 Å². The second-order valence-electron chi connectivity index (χ2n) is 5.72. The molecule has 19 heavy (non-hydrogen) atoms. The van der Waals surface area contributed by atoms with Crippen LogP contribution in [0.5, 0.6) is 0 Å². The molecule has 0 spiro atoms. The number of likely N-dealkylation sites (N-methyl/N-ethyl adjacent to an activating group) is 1. The Labute approximate surface area is 113 Å². The van der Waals surface area contributed by atoms with Crippen molar-refractivity contribution in [3.05, 3.63) is 22.7 Å². The summed E-state index contributed by atoms with van der Waals surface area (Å²) < 4.78 is 1.84. The number of hydrogen-bond acceptors (Lipinski definition) is 4. The second-order valence-corrected chi connectivity index (χ2v) is 5.72. The minimum atomic E-state index is 0.0586. The zero-order valence-corrected chi connectivity index (χ0v) is 11.5. The van der Waals surface area contributed by atoms with Crippen LogP contribution in [-0.4, -0.2) is 35.7 Å². The molecule has 3 rings (SSSR count). The van der Waals surface area contributed by atoms with E-state index < -0.39 is 0 Å². The maximum absolute atomic E-state index is 12.4. The highest BCUT2D eigenvalue weighted by atomic mass is 16.1. The van der Waals surface area contributed by atoms with Gasteiger partial charge in [0.1, 0.15) is 0 Å². The van der Waals surface area contributed by atoms with E-state index in [1.165, 1.54) is 19.3 Å². The Balaban J connectivity index is 1.73. The van der Waals surface area contributed by atoms with Crippen LogP contribution in [0.15, 0.2) is 17.2 Å². The number of nitrogens with one attached hydrogen (secondary N) is 1. The zero-order chi connectivity index (χ0) is 13.2. The van der Waals surface area contributed by atoms with E-state index in [0.29, 0.717) is 17.9 Å². The van der Waals surface area contributed by atoms with Crippen molar-refractivity contribution in [3.8, 4) is 0 Å². The van der Waals surface area contributed by atoms with Crippen molar-refractivity contribution in [1.82, 2.24) is 14.9 Å². The van der Waals surface area contributed by atoms with E-state index in [0.717, 1.165) is 25.9 Å². The first-order valence-electron chi connectivity index (χ1n) is 7.27. The molecule has 1 unspecified atom stereocenters. The molecule has 5 heteroatoms. The lowest BCUT2D eigenvalue weighted by Gasteiger charge is -2.28. The Morgan fingerprint density at radius 3 is 2.95 bits per heavy atom. The number of aromatic nitrogens is 2. The van der Waals surface area contributed by atoms with Crippen LogP contribution in [-0.2, 0) is 0 Å². The van der Waals surface area contributed by atoms with Gasteiger partial charge in [0.25, 0.3) is 5.56 Å². The largest absolute Gasteiger partial charge is 0.354 e. The molecule has 104 valence electrons. The van der Waals surface area contributed by atoms with Crippen molar-refractivity contribution in [2.45, 2.75) is 44.2 Å². The SMILES string of the molecule is CN(CC1CCCCN1)c1nccn(C2CC2)c1=O. The van der Waals surface area contributed by atoms with Crippen molar-refractivity contribution in [1.29, 1.82) is 0 Å². The van der Waals surface area contributed by atoms with Gasteiger partial charge in [0.2, 0.25) is 0 Å². The minimum Gasteiger partial charge on any atom is -0.354 e. The van der Waals surface area contributed by atoms with Gasteiger partial charge in [0.05, 0.1) is 0 Å². The molecule has 2 fully saturated rings. The van der Waals surface area contributed by atoms with Gasteiger partial charge in [-0.15, -0.1) is 0 Å². The van der Waals surface area contributed by atoms with Crippen LogP contribution in [0.2, 0.25) is 0 Å². The Bertz CT molecular complexity index is 488. The van der Waals surface area contributed by atoms with Gasteiger partial charge in [-0.1, -0.05) is 6.42 Å². The highest BCUT2D eigenvalue weighted by molar-refractivity contribution is 5.35. The van der Waals surface area contributed by atoms with Crippen LogP contribution >= 0.6 is 0 Å². The van der Waals surface area contributed by atoms with E-state index in [-0.39, 0.29) is 5.56 Å². The van der Waals surface area contributed by atoms with E-state index in [1.54, 1.807) is 6.20 Å². The van der Waals surface area contributed by atoms with Gasteiger partial charge in [-0.05, 0) is 32.2 Å². The van der Waals surface area contributed by atoms with Crippen LogP contribution in [0.1, 0.15) is 38.1 Å². The number of piperidine rings is 1. The molecule has 0 amide bonds. The first-order chi connectivity index (χ1) is 9.25. The highest BCUT2D eigenvalue weighted by Gasteiger charge is 2.26. The molecule has 1 aliphatic heterocycles. The topological polar surface area (TPSA) is 50.2 Å². The van der Waals surface area contributed by atoms with E-state index in [1.807, 2.05) is 22.7 Å². The molecule has 2 heterocycles. The standard InChI is InChI=1S/C14H22N4O/c1-17(10-11-4-2-3-7-15-11)13-14(19)18(9-8-16-13)12-5-6-12/h8-9,11-12,15H,2-7,10H2,1H3. The van der Waals surface area contributed by atoms with Crippen LogP contribution in [0.3, 0.4) is 0 Å². The average molecular weight is 262 g/mol. The Kier molecular flexibility index (Phi) is 3.55. The maximum Gasteiger partial charge on any atom is 0.293 e. The lowest BCUT2D eigenvalue weighted by atomic mass is 10.0. The predicted molar refractivity (Wildman–Crippen MR) is 75.7 cm³/mol. The average Bonchev–Trinajstić information content (AvgIpc) is 3.24. The maximum atomic E-state index is 12.4. The van der Waals surface area contributed by atoms with E-state index in [9.17, 15) is 4.79 Å². The third-order valence-electron chi connectivity index (χ3n) is 4.06. The second kappa shape index (κ2) is 5.33. The van der Waals surface area contributed by atoms with Crippen molar-refractivity contribution < 1.29 is 0 Å². The molecular formula is C14H22N4O. The number of anilines is 1. The fraction of sp³-hybridized carbons (Fsp3) is 0.714. The summed E-state index contributed by atoms with van der Waals surface area (Å²) in [6.07, 6.45) is 9.54. The molecule has 1 aromatic rings. The fourth-order valence-electron chi connectivity index (χ4n) is 2.81. The first kappa shape index (κ1) is 12.7. The summed E-state index contributed by atoms with van der Waals surface area (Å²) in [5.74, 6) is 0.585. The summed E-state index contributed by atoms with van der Waals surface area (Å²) in [4.78, 5) is 18.7. The van der Waals surface area contributed by atoms with Crippen LogP contribution < -0.4 is 15.8 Å². The molecule has 1 aromatic heterocycles. The summed E-state index contributed by atoms with van der Waals surface area (Å²) in [6.45, 7) is 1.95. The molecule has 1 aliphatic carbocycles. The van der Waals surface area contributed by atoms with E-state index in [2.05, 4.69) is 10.3 Å². The number of hydrogen-bond donors (Lipinski definition) is 1. The summed E-state index contributed by atoms with van der Waals surface area (Å²) in [5.41, 5.74) is 0.0586. The van der Waals surface area contributed by atoms with Gasteiger partial charge >= 0.3 is 0 Å². The van der Waals surface area contributed by atoms with Gasteiger partial charge in [-0.2, -0.15) is 0 Å². The van der Waals surface area contributed by atoms with Crippen LogP contribution in [0.4, 0.5) is 5.82 Å². The van der Waals surface area contributed by atoms with Crippen LogP contribution in [0, 0.1) is 0 Å². The highest BCUT2D eigenvalue weighted by Crippen LogP contribution is 2.33. The van der Waals surface area contributed by atoms with Crippen molar-refractivity contribution in [2.75, 3.05) is 25.0 Å². The summed E-state index contributed by atoms with van der Waals surface area (Å²) in [7, 11) is 1.97. The van der Waals surface area contributed by atoms with E-state index in [4.69, 9.17) is 0 Å². The molecule has 0 bridgehead atoms. The first-order valence-corrected chi connectivity index (χ1v) is 7.27. The molecule has 1 saturated carbocycles. The Morgan fingerprint density at radius 2 is 2.26 bits per heavy atom. The molecule has 1 saturated heterocycles. The van der Waals surface area contributed by atoms with Crippen LogP contribution in [0.25, 0.3) is 0 Å². The molecule has 1 atom stereocenters. The molecule has 0 radical (unpaired) electrons.